The molecule has 2 aromatic rings. The molecule has 1 aromatic heterocycles. The van der Waals surface area contributed by atoms with Crippen LogP contribution in [-0.2, 0) is 0 Å². The van der Waals surface area contributed by atoms with Crippen molar-refractivity contribution in [3.05, 3.63) is 34.6 Å². The second-order valence-electron chi connectivity index (χ2n) is 2.79. The van der Waals surface area contributed by atoms with Gasteiger partial charge in [0.25, 0.3) is 5.89 Å². The van der Waals surface area contributed by atoms with E-state index in [2.05, 4.69) is 10.1 Å². The Kier molecular flexibility index (Phi) is 4.24. The summed E-state index contributed by atoms with van der Waals surface area (Å²) in [4.78, 5) is 4.00. The van der Waals surface area contributed by atoms with Crippen molar-refractivity contribution in [1.82, 2.24) is 10.1 Å². The summed E-state index contributed by atoms with van der Waals surface area (Å²) in [6.07, 6.45) is 0. The van der Waals surface area contributed by atoms with Crippen molar-refractivity contribution in [3.63, 3.8) is 0 Å². The molecule has 0 aliphatic rings. The van der Waals surface area contributed by atoms with Gasteiger partial charge in [0.05, 0.1) is 0 Å². The highest BCUT2D eigenvalue weighted by Crippen LogP contribution is 2.16. The van der Waals surface area contributed by atoms with Crippen LogP contribution in [0.2, 0.25) is 0 Å². The van der Waals surface area contributed by atoms with Crippen molar-refractivity contribution in [2.45, 2.75) is 20.8 Å². The van der Waals surface area contributed by atoms with Gasteiger partial charge in [0.1, 0.15) is 0 Å². The average Bonchev–Trinajstić information content (AvgIpc) is 2.69. The second kappa shape index (κ2) is 5.46. The molecule has 0 saturated carbocycles. The maximum absolute atomic E-state index is 5.05. The van der Waals surface area contributed by atoms with Crippen LogP contribution >= 0.6 is 12.2 Å². The normalized spacial score (nSPS) is 9.27. The predicted octanol–water partition coefficient (Wildman–Crippen LogP) is 3.73. The molecule has 80 valence electrons. The molecule has 1 heterocycles. The summed E-state index contributed by atoms with van der Waals surface area (Å²) in [5.74, 6) is 0.532. The number of aryl methyl sites for hydroxylation is 1. The number of aromatic amines is 1. The first kappa shape index (κ1) is 11.7. The first-order valence-electron chi connectivity index (χ1n) is 4.88. The monoisotopic (exact) mass is 222 g/mol. The molecule has 0 aliphatic heterocycles. The first-order chi connectivity index (χ1) is 7.25. The molecule has 0 fully saturated rings. The molecule has 15 heavy (non-hydrogen) atoms. The number of hydrogen-bond acceptors (Lipinski definition) is 3. The van der Waals surface area contributed by atoms with Crippen LogP contribution in [0.4, 0.5) is 0 Å². The van der Waals surface area contributed by atoms with Gasteiger partial charge in [0, 0.05) is 5.56 Å². The third kappa shape index (κ3) is 3.02. The standard InChI is InChI=1S/C9H8N2OS.C2H6/c1-6-2-4-7(5-3-6)8-10-9(13)11-12-8;1-2/h2-5H,1H3,(H,11,13);1-2H3. The Balaban J connectivity index is 0.000000531. The number of benzene rings is 1. The third-order valence-corrected chi connectivity index (χ3v) is 1.91. The number of nitrogens with zero attached hydrogens (tertiary/aromatic N) is 1. The molecule has 0 spiro atoms. The maximum Gasteiger partial charge on any atom is 0.255 e. The summed E-state index contributed by atoms with van der Waals surface area (Å²) in [6.45, 7) is 6.03. The van der Waals surface area contributed by atoms with Gasteiger partial charge in [-0.1, -0.05) is 31.5 Å². The lowest BCUT2D eigenvalue weighted by atomic mass is 10.1. The molecule has 0 atom stereocenters. The highest BCUT2D eigenvalue weighted by molar-refractivity contribution is 7.71. The molecule has 0 bridgehead atoms. The quantitative estimate of drug-likeness (QED) is 0.747. The number of H-pyrrole nitrogens is 1. The number of nitrogens with one attached hydrogen (secondary N) is 1. The first-order valence-corrected chi connectivity index (χ1v) is 5.29. The van der Waals surface area contributed by atoms with E-state index in [-0.39, 0.29) is 0 Å². The van der Waals surface area contributed by atoms with Crippen molar-refractivity contribution >= 4 is 12.2 Å². The van der Waals surface area contributed by atoms with E-state index in [1.54, 1.807) is 0 Å². The van der Waals surface area contributed by atoms with E-state index < -0.39 is 0 Å². The molecule has 0 unspecified atom stereocenters. The molecular formula is C11H14N2OS. The van der Waals surface area contributed by atoms with Gasteiger partial charge < -0.3 is 4.52 Å². The highest BCUT2D eigenvalue weighted by atomic mass is 32.1. The van der Waals surface area contributed by atoms with Crippen LogP contribution in [0.1, 0.15) is 19.4 Å². The Morgan fingerprint density at radius 2 is 1.80 bits per heavy atom. The zero-order valence-electron chi connectivity index (χ0n) is 9.07. The van der Waals surface area contributed by atoms with E-state index in [0.717, 1.165) is 5.56 Å². The SMILES string of the molecule is CC.Cc1ccc(-c2nc(=S)[nH]o2)cc1. The van der Waals surface area contributed by atoms with E-state index >= 15 is 0 Å². The minimum absolute atomic E-state index is 0.371. The average molecular weight is 222 g/mol. The highest BCUT2D eigenvalue weighted by Gasteiger charge is 2.02. The number of rotatable bonds is 1. The Bertz CT molecular complexity index is 456. The van der Waals surface area contributed by atoms with Gasteiger partial charge in [-0.3, -0.25) is 0 Å². The molecule has 0 aliphatic carbocycles. The Morgan fingerprint density at radius 1 is 1.20 bits per heavy atom. The largest absolute Gasteiger partial charge is 0.359 e. The van der Waals surface area contributed by atoms with Crippen molar-refractivity contribution in [2.75, 3.05) is 0 Å². The van der Waals surface area contributed by atoms with E-state index in [1.807, 2.05) is 45.0 Å². The summed E-state index contributed by atoms with van der Waals surface area (Å²) < 4.78 is 5.42. The van der Waals surface area contributed by atoms with Gasteiger partial charge in [-0.15, -0.1) is 0 Å². The Labute approximate surface area is 94.1 Å². The van der Waals surface area contributed by atoms with Gasteiger partial charge in [0.2, 0.25) is 4.77 Å². The molecule has 0 radical (unpaired) electrons. The summed E-state index contributed by atoms with van der Waals surface area (Å²) >= 11 is 4.80. The lowest BCUT2D eigenvalue weighted by Gasteiger charge is -1.93. The Morgan fingerprint density at radius 3 is 2.27 bits per heavy atom. The van der Waals surface area contributed by atoms with E-state index in [9.17, 15) is 0 Å². The fraction of sp³-hybridized carbons (Fsp3) is 0.273. The third-order valence-electron chi connectivity index (χ3n) is 1.74. The molecule has 3 nitrogen and oxygen atoms in total. The lowest BCUT2D eigenvalue weighted by Crippen LogP contribution is -1.77. The van der Waals surface area contributed by atoms with E-state index in [0.29, 0.717) is 10.7 Å². The van der Waals surface area contributed by atoms with Crippen molar-refractivity contribution < 1.29 is 4.52 Å². The van der Waals surface area contributed by atoms with Crippen LogP contribution < -0.4 is 0 Å². The van der Waals surface area contributed by atoms with Gasteiger partial charge in [0.15, 0.2) is 0 Å². The minimum Gasteiger partial charge on any atom is -0.359 e. The topological polar surface area (TPSA) is 41.8 Å². The summed E-state index contributed by atoms with van der Waals surface area (Å²) in [7, 11) is 0. The van der Waals surface area contributed by atoms with Crippen LogP contribution in [0, 0.1) is 11.7 Å². The van der Waals surface area contributed by atoms with Crippen LogP contribution in [-0.4, -0.2) is 10.1 Å². The van der Waals surface area contributed by atoms with E-state index in [4.69, 9.17) is 16.7 Å². The molecule has 1 N–H and O–H groups in total. The van der Waals surface area contributed by atoms with Crippen molar-refractivity contribution in [2.24, 2.45) is 0 Å². The van der Waals surface area contributed by atoms with Crippen LogP contribution in [0.3, 0.4) is 0 Å². The van der Waals surface area contributed by atoms with Crippen molar-refractivity contribution in [1.29, 1.82) is 0 Å². The van der Waals surface area contributed by atoms with Crippen LogP contribution in [0.5, 0.6) is 0 Å². The zero-order chi connectivity index (χ0) is 11.3. The summed E-state index contributed by atoms with van der Waals surface area (Å²) in [6, 6.07) is 7.90. The number of aromatic nitrogens is 2. The fourth-order valence-electron chi connectivity index (χ4n) is 1.05. The summed E-state index contributed by atoms with van der Waals surface area (Å²) in [5, 5.41) is 2.51. The maximum atomic E-state index is 5.05. The Hall–Kier alpha value is -1.42. The molecular weight excluding hydrogens is 208 g/mol. The van der Waals surface area contributed by atoms with Crippen LogP contribution in [0.15, 0.2) is 28.8 Å². The molecule has 0 saturated heterocycles. The predicted molar refractivity (Wildman–Crippen MR) is 63.2 cm³/mol. The van der Waals surface area contributed by atoms with Gasteiger partial charge in [-0.05, 0) is 31.3 Å². The van der Waals surface area contributed by atoms with Gasteiger partial charge in [-0.2, -0.15) is 10.1 Å². The van der Waals surface area contributed by atoms with E-state index in [1.165, 1.54) is 5.56 Å². The second-order valence-corrected chi connectivity index (χ2v) is 3.18. The zero-order valence-corrected chi connectivity index (χ0v) is 9.89. The smallest absolute Gasteiger partial charge is 0.255 e. The van der Waals surface area contributed by atoms with Gasteiger partial charge in [-0.25, -0.2) is 0 Å². The van der Waals surface area contributed by atoms with Crippen LogP contribution in [0.25, 0.3) is 11.5 Å². The van der Waals surface area contributed by atoms with Crippen molar-refractivity contribution in [3.8, 4) is 11.5 Å². The molecule has 0 amide bonds. The molecule has 2 rings (SSSR count). The number of hydrogen-bond donors (Lipinski definition) is 1. The van der Waals surface area contributed by atoms with Gasteiger partial charge >= 0.3 is 0 Å². The molecule has 4 heteroatoms. The fourth-order valence-corrected chi connectivity index (χ4v) is 1.17. The lowest BCUT2D eigenvalue weighted by molar-refractivity contribution is 0.428. The minimum atomic E-state index is 0.371. The summed E-state index contributed by atoms with van der Waals surface area (Å²) in [5.41, 5.74) is 2.14. The molecule has 1 aromatic carbocycles.